The zero-order valence-corrected chi connectivity index (χ0v) is 20.5. The van der Waals surface area contributed by atoms with Gasteiger partial charge < -0.3 is 10.1 Å². The van der Waals surface area contributed by atoms with E-state index in [1.165, 1.54) is 0 Å². The number of aryl methyl sites for hydroxylation is 2. The molecule has 9 heteroatoms. The molecule has 0 atom stereocenters. The molecule has 1 aliphatic heterocycles. The number of ether oxygens (including phenoxy) is 1. The summed E-state index contributed by atoms with van der Waals surface area (Å²) >= 11 is 12.5. The summed E-state index contributed by atoms with van der Waals surface area (Å²) in [5.41, 5.74) is 2.10. The first-order valence-electron chi connectivity index (χ1n) is 10.5. The van der Waals surface area contributed by atoms with Gasteiger partial charge in [0, 0.05) is 48.2 Å². The van der Waals surface area contributed by atoms with E-state index in [-0.39, 0.29) is 29.2 Å². The average Bonchev–Trinajstić information content (AvgIpc) is 2.74. The number of hydrogen-bond acceptors (Lipinski definition) is 4. The molecule has 2 N–H and O–H groups in total. The molecule has 1 amide bonds. The third-order valence-corrected chi connectivity index (χ3v) is 8.00. The minimum atomic E-state index is -3.69. The number of halogens is 2. The van der Waals surface area contributed by atoms with Crippen molar-refractivity contribution < 1.29 is 17.9 Å². The molecule has 0 radical (unpaired) electrons. The van der Waals surface area contributed by atoms with Gasteiger partial charge in [-0.05, 0) is 61.6 Å². The molecular formula is C23H28Cl2N2O4S. The summed E-state index contributed by atoms with van der Waals surface area (Å²) in [5.74, 6) is -0.232. The lowest BCUT2D eigenvalue weighted by Gasteiger charge is -2.38. The maximum atomic E-state index is 12.6. The molecule has 0 unspecified atom stereocenters. The van der Waals surface area contributed by atoms with Gasteiger partial charge in [-0.15, -0.1) is 0 Å². The summed E-state index contributed by atoms with van der Waals surface area (Å²) in [6.45, 7) is 5.13. The Morgan fingerprint density at radius 1 is 1.09 bits per heavy atom. The molecule has 0 bridgehead atoms. The number of sulfonamides is 1. The largest absolute Gasteiger partial charge is 0.381 e. The highest BCUT2D eigenvalue weighted by molar-refractivity contribution is 7.89. The van der Waals surface area contributed by atoms with Gasteiger partial charge in [-0.2, -0.15) is 0 Å². The highest BCUT2D eigenvalue weighted by Crippen LogP contribution is 2.39. The normalized spacial score (nSPS) is 16.0. The standard InChI is InChI=1S/C23H28Cl2N2O4S/c1-16-3-4-17(2)21(13-16)32(29,30)27-10-7-22(28)26-15-23(8-11-31-12-9-23)19-6-5-18(24)14-20(19)25/h3-6,13-14,27H,7-12,15H2,1-2H3,(H,26,28). The summed E-state index contributed by atoms with van der Waals surface area (Å²) in [5, 5.41) is 4.08. The number of nitrogens with one attached hydrogen (secondary N) is 2. The average molecular weight is 499 g/mol. The molecule has 32 heavy (non-hydrogen) atoms. The smallest absolute Gasteiger partial charge is 0.240 e. The van der Waals surface area contributed by atoms with Gasteiger partial charge in [-0.3, -0.25) is 4.79 Å². The Morgan fingerprint density at radius 2 is 1.81 bits per heavy atom. The number of hydrogen-bond donors (Lipinski definition) is 2. The van der Waals surface area contributed by atoms with Gasteiger partial charge in [0.25, 0.3) is 0 Å². The maximum absolute atomic E-state index is 12.6. The third-order valence-electron chi connectivity index (χ3n) is 5.85. The summed E-state index contributed by atoms with van der Waals surface area (Å²) < 4.78 is 33.3. The maximum Gasteiger partial charge on any atom is 0.240 e. The van der Waals surface area contributed by atoms with Crippen LogP contribution in [-0.2, 0) is 25.0 Å². The van der Waals surface area contributed by atoms with E-state index in [1.807, 2.05) is 19.1 Å². The highest BCUT2D eigenvalue weighted by Gasteiger charge is 2.36. The fourth-order valence-electron chi connectivity index (χ4n) is 3.95. The fourth-order valence-corrected chi connectivity index (χ4v) is 5.92. The lowest BCUT2D eigenvalue weighted by atomic mass is 9.74. The topological polar surface area (TPSA) is 84.5 Å². The number of carbonyl (C=O) groups excluding carboxylic acids is 1. The molecule has 0 aromatic heterocycles. The first-order chi connectivity index (χ1) is 15.1. The zero-order chi connectivity index (χ0) is 23.4. The summed E-state index contributed by atoms with van der Waals surface area (Å²) in [6.07, 6.45) is 1.47. The predicted molar refractivity (Wildman–Crippen MR) is 127 cm³/mol. The number of carbonyl (C=O) groups is 1. The van der Waals surface area contributed by atoms with E-state index in [4.69, 9.17) is 27.9 Å². The van der Waals surface area contributed by atoms with Crippen LogP contribution in [0.25, 0.3) is 0 Å². The molecular weight excluding hydrogens is 471 g/mol. The van der Waals surface area contributed by atoms with E-state index in [0.717, 1.165) is 11.1 Å². The second-order valence-electron chi connectivity index (χ2n) is 8.21. The number of amides is 1. The van der Waals surface area contributed by atoms with Gasteiger partial charge in [-0.25, -0.2) is 13.1 Å². The van der Waals surface area contributed by atoms with Gasteiger partial charge in [0.15, 0.2) is 0 Å². The third kappa shape index (κ3) is 6.02. The molecule has 1 heterocycles. The Hall–Kier alpha value is -1.64. The van der Waals surface area contributed by atoms with Crippen molar-refractivity contribution in [1.82, 2.24) is 10.0 Å². The van der Waals surface area contributed by atoms with Crippen LogP contribution in [0.1, 0.15) is 36.0 Å². The molecule has 1 aliphatic rings. The molecule has 174 valence electrons. The van der Waals surface area contributed by atoms with Crippen LogP contribution >= 0.6 is 23.2 Å². The van der Waals surface area contributed by atoms with Crippen LogP contribution in [0.4, 0.5) is 0 Å². The van der Waals surface area contributed by atoms with Crippen LogP contribution in [0, 0.1) is 13.8 Å². The highest BCUT2D eigenvalue weighted by atomic mass is 35.5. The van der Waals surface area contributed by atoms with Crippen molar-refractivity contribution in [1.29, 1.82) is 0 Å². The van der Waals surface area contributed by atoms with Gasteiger partial charge >= 0.3 is 0 Å². The summed E-state index contributed by atoms with van der Waals surface area (Å²) in [6, 6.07) is 10.7. The Bertz CT molecular complexity index is 1080. The van der Waals surface area contributed by atoms with Gasteiger partial charge in [0.05, 0.1) is 4.90 Å². The molecule has 1 saturated heterocycles. The minimum Gasteiger partial charge on any atom is -0.381 e. The Balaban J connectivity index is 1.61. The van der Waals surface area contributed by atoms with Crippen LogP contribution in [0.5, 0.6) is 0 Å². The van der Waals surface area contributed by atoms with Crippen molar-refractivity contribution in [3.8, 4) is 0 Å². The molecule has 3 rings (SSSR count). The lowest BCUT2D eigenvalue weighted by Crippen LogP contribution is -2.45. The molecule has 0 aliphatic carbocycles. The van der Waals surface area contributed by atoms with Crippen LogP contribution in [0.3, 0.4) is 0 Å². The Kier molecular flexibility index (Phi) is 8.22. The van der Waals surface area contributed by atoms with Crippen LogP contribution < -0.4 is 10.0 Å². The second-order valence-corrected chi connectivity index (χ2v) is 10.8. The van der Waals surface area contributed by atoms with Crippen molar-refractivity contribution in [2.45, 2.75) is 43.4 Å². The van der Waals surface area contributed by atoms with Crippen LogP contribution in [0.2, 0.25) is 10.0 Å². The minimum absolute atomic E-state index is 0.0133. The number of benzene rings is 2. The van der Waals surface area contributed by atoms with E-state index in [1.54, 1.807) is 31.2 Å². The SMILES string of the molecule is Cc1ccc(C)c(S(=O)(=O)NCCC(=O)NCC2(c3ccc(Cl)cc3Cl)CCOCC2)c1. The van der Waals surface area contributed by atoms with Crippen molar-refractivity contribution in [2.75, 3.05) is 26.3 Å². The monoisotopic (exact) mass is 498 g/mol. The van der Waals surface area contributed by atoms with Gasteiger partial charge in [-0.1, -0.05) is 41.4 Å². The van der Waals surface area contributed by atoms with E-state index in [9.17, 15) is 13.2 Å². The Morgan fingerprint density at radius 3 is 2.50 bits per heavy atom. The molecule has 6 nitrogen and oxygen atoms in total. The first-order valence-corrected chi connectivity index (χ1v) is 12.7. The fraction of sp³-hybridized carbons (Fsp3) is 0.435. The van der Waals surface area contributed by atoms with Crippen LogP contribution in [0.15, 0.2) is 41.3 Å². The second kappa shape index (κ2) is 10.5. The van der Waals surface area contributed by atoms with Crippen LogP contribution in [-0.4, -0.2) is 40.6 Å². The molecule has 0 spiro atoms. The van der Waals surface area contributed by atoms with E-state index < -0.39 is 10.0 Å². The van der Waals surface area contributed by atoms with Crippen molar-refractivity contribution in [3.63, 3.8) is 0 Å². The van der Waals surface area contributed by atoms with Gasteiger partial charge in [0.2, 0.25) is 15.9 Å². The first kappa shape index (κ1) is 25.0. The number of rotatable bonds is 8. The van der Waals surface area contributed by atoms with E-state index in [2.05, 4.69) is 10.0 Å². The Labute approximate surface area is 199 Å². The molecule has 2 aromatic rings. The molecule has 2 aromatic carbocycles. The zero-order valence-electron chi connectivity index (χ0n) is 18.2. The summed E-state index contributed by atoms with van der Waals surface area (Å²) in [7, 11) is -3.69. The van der Waals surface area contributed by atoms with E-state index >= 15 is 0 Å². The van der Waals surface area contributed by atoms with Crippen molar-refractivity contribution in [2.24, 2.45) is 0 Å². The summed E-state index contributed by atoms with van der Waals surface area (Å²) in [4.78, 5) is 12.7. The quantitative estimate of drug-likeness (QED) is 0.572. The van der Waals surface area contributed by atoms with Crippen molar-refractivity contribution in [3.05, 3.63) is 63.1 Å². The molecule has 0 saturated carbocycles. The molecule has 1 fully saturated rings. The predicted octanol–water partition coefficient (Wildman–Crippen LogP) is 4.14. The van der Waals surface area contributed by atoms with E-state index in [0.29, 0.717) is 48.2 Å². The lowest BCUT2D eigenvalue weighted by molar-refractivity contribution is -0.121. The van der Waals surface area contributed by atoms with Crippen molar-refractivity contribution >= 4 is 39.1 Å². The van der Waals surface area contributed by atoms with Gasteiger partial charge in [0.1, 0.15) is 0 Å².